The number of likely N-dealkylation sites (tertiary alicyclic amines) is 1. The first kappa shape index (κ1) is 23.3. The van der Waals surface area contributed by atoms with Crippen molar-refractivity contribution in [2.75, 3.05) is 0 Å². The van der Waals surface area contributed by atoms with Crippen molar-refractivity contribution in [1.29, 1.82) is 0 Å². The molecule has 4 aliphatic rings. The van der Waals surface area contributed by atoms with Gasteiger partial charge in [0.15, 0.2) is 5.78 Å². The summed E-state index contributed by atoms with van der Waals surface area (Å²) in [5.41, 5.74) is 3.94. The Kier molecular flexibility index (Phi) is 5.34. The standard InChI is InChI=1S/C28H29ClN2O5/c1-28(2,3)36-27(34)31-22-10-15(22)11-23(31)26(33)30-21-7-4-14-9-20-18-6-5-17(29)8-16(18)13-35-24(20)12-19(14)25(21)32/h5-6,8-9,12,15,21-23H,4,7,10-11,13H2,1-3H3,(H,30,33)/t15-,21?,22-,23?/m1/s1. The predicted molar refractivity (Wildman–Crippen MR) is 134 cm³/mol. The Bertz CT molecular complexity index is 1300. The van der Waals surface area contributed by atoms with E-state index in [0.29, 0.717) is 48.1 Å². The fourth-order valence-electron chi connectivity index (χ4n) is 5.78. The zero-order chi connectivity index (χ0) is 25.4. The minimum absolute atomic E-state index is 0.0554. The third kappa shape index (κ3) is 4.03. The van der Waals surface area contributed by atoms with Crippen molar-refractivity contribution < 1.29 is 23.9 Å². The Balaban J connectivity index is 1.20. The van der Waals surface area contributed by atoms with Crippen molar-refractivity contribution in [3.05, 3.63) is 52.0 Å². The molecule has 7 nitrogen and oxygen atoms in total. The maximum Gasteiger partial charge on any atom is 0.411 e. The molecule has 0 aromatic heterocycles. The summed E-state index contributed by atoms with van der Waals surface area (Å²) in [4.78, 5) is 41.1. The first-order valence-electron chi connectivity index (χ1n) is 12.5. The van der Waals surface area contributed by atoms with E-state index in [1.165, 1.54) is 0 Å². The monoisotopic (exact) mass is 508 g/mol. The van der Waals surface area contributed by atoms with Crippen LogP contribution in [-0.4, -0.2) is 46.4 Å². The maximum atomic E-state index is 13.4. The van der Waals surface area contributed by atoms with Crippen LogP contribution in [0.3, 0.4) is 0 Å². The van der Waals surface area contributed by atoms with Crippen molar-refractivity contribution in [3.8, 4) is 16.9 Å². The molecule has 0 spiro atoms. The number of fused-ring (bicyclic) bond motifs is 5. The van der Waals surface area contributed by atoms with E-state index >= 15 is 0 Å². The van der Waals surface area contributed by atoms with E-state index in [4.69, 9.17) is 21.1 Å². The molecule has 0 bridgehead atoms. The molecule has 1 saturated carbocycles. The predicted octanol–water partition coefficient (Wildman–Crippen LogP) is 4.91. The molecule has 1 N–H and O–H groups in total. The summed E-state index contributed by atoms with van der Waals surface area (Å²) in [6, 6.07) is 8.41. The van der Waals surface area contributed by atoms with E-state index in [1.807, 2.05) is 45.0 Å². The van der Waals surface area contributed by atoms with Crippen LogP contribution in [0.15, 0.2) is 30.3 Å². The quantitative estimate of drug-likeness (QED) is 0.623. The second-order valence-corrected chi connectivity index (χ2v) is 11.7. The van der Waals surface area contributed by atoms with Crippen molar-refractivity contribution in [3.63, 3.8) is 0 Å². The molecule has 2 aromatic carbocycles. The van der Waals surface area contributed by atoms with Gasteiger partial charge in [0, 0.05) is 22.2 Å². The molecule has 1 saturated heterocycles. The van der Waals surface area contributed by atoms with Crippen LogP contribution in [0.2, 0.25) is 5.02 Å². The first-order chi connectivity index (χ1) is 17.1. The summed E-state index contributed by atoms with van der Waals surface area (Å²) in [5, 5.41) is 3.61. The largest absolute Gasteiger partial charge is 0.488 e. The van der Waals surface area contributed by atoms with Gasteiger partial charge in [-0.3, -0.25) is 14.5 Å². The molecule has 2 unspecified atom stereocenters. The zero-order valence-corrected chi connectivity index (χ0v) is 21.4. The summed E-state index contributed by atoms with van der Waals surface area (Å²) < 4.78 is 11.5. The summed E-state index contributed by atoms with van der Waals surface area (Å²) in [5.74, 6) is 0.591. The minimum atomic E-state index is -0.637. The molecule has 2 amide bonds. The number of amides is 2. The third-order valence-corrected chi connectivity index (χ3v) is 7.79. The van der Waals surface area contributed by atoms with Gasteiger partial charge in [0.05, 0.1) is 6.04 Å². The van der Waals surface area contributed by atoms with Gasteiger partial charge in [-0.25, -0.2) is 4.79 Å². The molecule has 4 atom stereocenters. The Hall–Kier alpha value is -3.06. The summed E-state index contributed by atoms with van der Waals surface area (Å²) in [6.07, 6.45) is 2.22. The van der Waals surface area contributed by atoms with Crippen LogP contribution in [0.4, 0.5) is 4.79 Å². The second-order valence-electron chi connectivity index (χ2n) is 11.3. The summed E-state index contributed by atoms with van der Waals surface area (Å²) in [7, 11) is 0. The SMILES string of the molecule is CC(C)(C)OC(=O)N1C(C(=O)NC2CCc3cc4c(cc3C2=O)OCc2cc(Cl)ccc2-4)C[C@H]2C[C@H]21. The van der Waals surface area contributed by atoms with E-state index in [-0.39, 0.29) is 17.7 Å². The van der Waals surface area contributed by atoms with Gasteiger partial charge in [0.25, 0.3) is 0 Å². The highest BCUT2D eigenvalue weighted by molar-refractivity contribution is 6.30. The molecule has 0 radical (unpaired) electrons. The van der Waals surface area contributed by atoms with E-state index in [2.05, 4.69) is 5.32 Å². The Morgan fingerprint density at radius 2 is 1.89 bits per heavy atom. The molecule has 36 heavy (non-hydrogen) atoms. The number of nitrogens with zero attached hydrogens (tertiary/aromatic N) is 1. The van der Waals surface area contributed by atoms with Crippen LogP contribution in [-0.2, 0) is 22.6 Å². The van der Waals surface area contributed by atoms with E-state index in [9.17, 15) is 14.4 Å². The second kappa shape index (κ2) is 8.23. The topological polar surface area (TPSA) is 84.9 Å². The fourth-order valence-corrected chi connectivity index (χ4v) is 5.98. The third-order valence-electron chi connectivity index (χ3n) is 7.56. The number of carbonyl (C=O) groups is 3. The fraction of sp³-hybridized carbons (Fsp3) is 0.464. The first-order valence-corrected chi connectivity index (χ1v) is 12.9. The lowest BCUT2D eigenvalue weighted by Gasteiger charge is -2.32. The van der Waals surface area contributed by atoms with Crippen LogP contribution >= 0.6 is 11.6 Å². The van der Waals surface area contributed by atoms with Gasteiger partial charge < -0.3 is 14.8 Å². The molecule has 2 aliphatic carbocycles. The maximum absolute atomic E-state index is 13.4. The molecule has 2 fully saturated rings. The van der Waals surface area contributed by atoms with Crippen LogP contribution in [0.25, 0.3) is 11.1 Å². The van der Waals surface area contributed by atoms with E-state index < -0.39 is 23.8 Å². The van der Waals surface area contributed by atoms with Crippen molar-refractivity contribution >= 4 is 29.4 Å². The number of piperidine rings is 1. The summed E-state index contributed by atoms with van der Waals surface area (Å²) >= 11 is 6.14. The van der Waals surface area contributed by atoms with Crippen molar-refractivity contribution in [2.24, 2.45) is 5.92 Å². The minimum Gasteiger partial charge on any atom is -0.488 e. The Morgan fingerprint density at radius 1 is 1.08 bits per heavy atom. The van der Waals surface area contributed by atoms with Crippen LogP contribution in [0, 0.1) is 5.92 Å². The number of rotatable bonds is 2. The van der Waals surface area contributed by atoms with Crippen LogP contribution < -0.4 is 10.1 Å². The molecular formula is C28H29ClN2O5. The van der Waals surface area contributed by atoms with Gasteiger partial charge in [0.2, 0.25) is 5.91 Å². The van der Waals surface area contributed by atoms with Gasteiger partial charge in [-0.05, 0) is 93.3 Å². The number of carbonyl (C=O) groups excluding carboxylic acids is 3. The van der Waals surface area contributed by atoms with Gasteiger partial charge >= 0.3 is 6.09 Å². The summed E-state index contributed by atoms with van der Waals surface area (Å²) in [6.45, 7) is 5.83. The average molecular weight is 509 g/mol. The van der Waals surface area contributed by atoms with Crippen LogP contribution in [0.1, 0.15) is 61.5 Å². The number of hydrogen-bond donors (Lipinski definition) is 1. The normalized spacial score (nSPS) is 25.7. The van der Waals surface area contributed by atoms with Gasteiger partial charge in [-0.1, -0.05) is 17.7 Å². The smallest absolute Gasteiger partial charge is 0.411 e. The number of benzene rings is 2. The highest BCUT2D eigenvalue weighted by Crippen LogP contribution is 2.48. The van der Waals surface area contributed by atoms with Gasteiger partial charge in [-0.2, -0.15) is 0 Å². The number of ketones is 1. The lowest BCUT2D eigenvalue weighted by Crippen LogP contribution is -2.53. The highest BCUT2D eigenvalue weighted by Gasteiger charge is 2.57. The molecule has 2 aliphatic heterocycles. The zero-order valence-electron chi connectivity index (χ0n) is 20.6. The number of halogens is 1. The number of hydrogen-bond acceptors (Lipinski definition) is 5. The lowest BCUT2D eigenvalue weighted by atomic mass is 9.83. The Morgan fingerprint density at radius 3 is 2.67 bits per heavy atom. The average Bonchev–Trinajstić information content (AvgIpc) is 3.47. The number of ether oxygens (including phenoxy) is 2. The molecule has 2 aromatic rings. The van der Waals surface area contributed by atoms with Crippen LogP contribution in [0.5, 0.6) is 5.75 Å². The van der Waals surface area contributed by atoms with E-state index in [1.54, 1.807) is 11.0 Å². The molecule has 8 heteroatoms. The molecule has 6 rings (SSSR count). The highest BCUT2D eigenvalue weighted by atomic mass is 35.5. The molecule has 188 valence electrons. The van der Waals surface area contributed by atoms with Gasteiger partial charge in [0.1, 0.15) is 24.0 Å². The van der Waals surface area contributed by atoms with E-state index in [0.717, 1.165) is 28.7 Å². The van der Waals surface area contributed by atoms with Crippen molar-refractivity contribution in [2.45, 2.75) is 76.8 Å². The molecular weight excluding hydrogens is 480 g/mol. The number of aryl methyl sites for hydroxylation is 1. The van der Waals surface area contributed by atoms with Gasteiger partial charge in [-0.15, -0.1) is 0 Å². The Labute approximate surface area is 215 Å². The van der Waals surface area contributed by atoms with Crippen molar-refractivity contribution in [1.82, 2.24) is 10.2 Å². The molecule has 2 heterocycles. The number of nitrogens with one attached hydrogen (secondary N) is 1. The lowest BCUT2D eigenvalue weighted by molar-refractivity contribution is -0.126. The number of Topliss-reactive ketones (excluding diaryl/α,β-unsaturated/α-hetero) is 1.